The van der Waals surface area contributed by atoms with Gasteiger partial charge in [-0.05, 0) is 30.7 Å². The minimum absolute atomic E-state index is 0.119. The molecule has 1 atom stereocenters. The van der Waals surface area contributed by atoms with E-state index in [1.54, 1.807) is 30.3 Å². The number of rotatable bonds is 6. The van der Waals surface area contributed by atoms with Gasteiger partial charge in [-0.2, -0.15) is 0 Å². The first-order valence-corrected chi connectivity index (χ1v) is 10.6. The predicted molar refractivity (Wildman–Crippen MR) is 126 cm³/mol. The van der Waals surface area contributed by atoms with Crippen molar-refractivity contribution in [2.75, 3.05) is 17.3 Å². The number of aromatic hydroxyl groups is 1. The van der Waals surface area contributed by atoms with Crippen LogP contribution in [0.3, 0.4) is 0 Å². The number of aromatic nitrogens is 4. The first-order valence-electron chi connectivity index (χ1n) is 10.2. The fourth-order valence-electron chi connectivity index (χ4n) is 3.69. The Kier molecular flexibility index (Phi) is 6.33. The average Bonchev–Trinajstić information content (AvgIpc) is 3.33. The third kappa shape index (κ3) is 4.23. The number of nitrogens with zero attached hydrogens (tertiary/aromatic N) is 5. The number of benzene rings is 1. The number of hydrogen-bond acceptors (Lipinski definition) is 8. The monoisotopic (exact) mass is 480 g/mol. The molecule has 0 saturated carbocycles. The molecule has 0 saturated heterocycles. The first kappa shape index (κ1) is 23.0. The highest BCUT2D eigenvalue weighted by Gasteiger charge is 2.29. The highest BCUT2D eigenvalue weighted by Crippen LogP contribution is 2.36. The number of halogens is 1. The predicted octanol–water partition coefficient (Wildman–Crippen LogP) is 3.31. The molecular weight excluding hydrogens is 460 g/mol. The van der Waals surface area contributed by atoms with Crippen molar-refractivity contribution in [2.45, 2.75) is 13.0 Å². The second kappa shape index (κ2) is 9.36. The Bertz CT molecular complexity index is 1370. The van der Waals surface area contributed by atoms with E-state index in [1.807, 2.05) is 31.2 Å². The van der Waals surface area contributed by atoms with Gasteiger partial charge < -0.3 is 19.8 Å². The summed E-state index contributed by atoms with van der Waals surface area (Å²) in [6, 6.07) is 10.5. The lowest BCUT2D eigenvalue weighted by Crippen LogP contribution is -2.35. The van der Waals surface area contributed by atoms with Gasteiger partial charge in [-0.25, -0.2) is 4.98 Å². The first-order chi connectivity index (χ1) is 16.3. The van der Waals surface area contributed by atoms with Crippen LogP contribution in [0.4, 0.5) is 11.6 Å². The minimum atomic E-state index is -0.795. The van der Waals surface area contributed by atoms with E-state index in [0.29, 0.717) is 10.7 Å². The lowest BCUT2D eigenvalue weighted by molar-refractivity contribution is 0.101. The number of pyridine rings is 1. The van der Waals surface area contributed by atoms with Crippen molar-refractivity contribution in [1.82, 2.24) is 19.7 Å². The van der Waals surface area contributed by atoms with Gasteiger partial charge >= 0.3 is 0 Å². The number of anilines is 2. The number of carbonyl (C=O) groups excluding carboxylic acids is 1. The summed E-state index contributed by atoms with van der Waals surface area (Å²) in [5.41, 5.74) is 1.34. The normalized spacial score (nSPS) is 11.8. The van der Waals surface area contributed by atoms with E-state index in [1.165, 1.54) is 19.5 Å². The molecule has 3 heterocycles. The van der Waals surface area contributed by atoms with Crippen molar-refractivity contribution in [2.24, 2.45) is 7.05 Å². The lowest BCUT2D eigenvalue weighted by Gasteiger charge is -2.32. The third-order valence-electron chi connectivity index (χ3n) is 5.36. The van der Waals surface area contributed by atoms with Gasteiger partial charge in [0.25, 0.3) is 11.5 Å². The topological polar surface area (TPSA) is 126 Å². The summed E-state index contributed by atoms with van der Waals surface area (Å²) in [7, 11) is 3.17. The summed E-state index contributed by atoms with van der Waals surface area (Å²) in [5.74, 6) is -1.46. The van der Waals surface area contributed by atoms with E-state index in [-0.39, 0.29) is 11.6 Å². The average molecular weight is 481 g/mol. The van der Waals surface area contributed by atoms with Gasteiger partial charge in [-0.15, -0.1) is 0 Å². The SMILES string of the molecule is Cc1cccc(Cl)c1C(c1ccccn1)N(C)c1nc(C(=O)Nc2cnoc2)c(O)c(=O)n1C. The molecule has 10 nitrogen and oxygen atoms in total. The van der Waals surface area contributed by atoms with Gasteiger partial charge in [0.1, 0.15) is 18.0 Å². The van der Waals surface area contributed by atoms with Gasteiger partial charge in [0.05, 0.1) is 11.9 Å². The maximum atomic E-state index is 12.8. The standard InChI is InChI=1S/C23H21ClN6O4/c1-13-7-6-8-15(24)17(13)19(16-9-4-5-10-25-16)29(2)23-28-18(20(31)22(33)30(23)3)21(32)27-14-11-26-34-12-14/h4-12,19,31H,1-3H3,(H,27,32). The van der Waals surface area contributed by atoms with Gasteiger partial charge in [0.2, 0.25) is 11.7 Å². The van der Waals surface area contributed by atoms with E-state index >= 15 is 0 Å². The highest BCUT2D eigenvalue weighted by atomic mass is 35.5. The van der Waals surface area contributed by atoms with E-state index in [0.717, 1.165) is 15.7 Å². The Morgan fingerprint density at radius 2 is 2.06 bits per heavy atom. The molecule has 4 aromatic rings. The van der Waals surface area contributed by atoms with E-state index < -0.39 is 29.0 Å². The van der Waals surface area contributed by atoms with Crippen LogP contribution in [0.15, 0.2) is 64.4 Å². The molecule has 2 N–H and O–H groups in total. The van der Waals surface area contributed by atoms with Crippen molar-refractivity contribution in [3.05, 3.63) is 92.9 Å². The van der Waals surface area contributed by atoms with Crippen LogP contribution < -0.4 is 15.8 Å². The highest BCUT2D eigenvalue weighted by molar-refractivity contribution is 6.31. The molecule has 1 amide bonds. The fourth-order valence-corrected chi connectivity index (χ4v) is 4.02. The van der Waals surface area contributed by atoms with Crippen LogP contribution >= 0.6 is 11.6 Å². The molecule has 174 valence electrons. The molecule has 1 aromatic carbocycles. The summed E-state index contributed by atoms with van der Waals surface area (Å²) in [5, 5.41) is 16.9. The molecule has 4 rings (SSSR count). The summed E-state index contributed by atoms with van der Waals surface area (Å²) < 4.78 is 5.86. The minimum Gasteiger partial charge on any atom is -0.501 e. The summed E-state index contributed by atoms with van der Waals surface area (Å²) in [6.07, 6.45) is 4.14. The van der Waals surface area contributed by atoms with Gasteiger partial charge in [-0.1, -0.05) is 35.0 Å². The summed E-state index contributed by atoms with van der Waals surface area (Å²) >= 11 is 6.60. The number of amides is 1. The Morgan fingerprint density at radius 1 is 1.26 bits per heavy atom. The lowest BCUT2D eigenvalue weighted by atomic mass is 9.97. The number of nitrogens with one attached hydrogen (secondary N) is 1. The van der Waals surface area contributed by atoms with E-state index in [2.05, 4.69) is 20.4 Å². The Labute approximate surface area is 199 Å². The molecule has 0 aliphatic rings. The van der Waals surface area contributed by atoms with Crippen molar-refractivity contribution in [3.63, 3.8) is 0 Å². The van der Waals surface area contributed by atoms with Gasteiger partial charge in [0, 0.05) is 30.9 Å². The molecule has 0 fully saturated rings. The zero-order valence-corrected chi connectivity index (χ0v) is 19.3. The van der Waals surface area contributed by atoms with Crippen LogP contribution in [0.1, 0.15) is 33.4 Å². The zero-order valence-electron chi connectivity index (χ0n) is 18.6. The molecule has 0 aliphatic carbocycles. The van der Waals surface area contributed by atoms with Crippen LogP contribution in [-0.2, 0) is 7.05 Å². The summed E-state index contributed by atoms with van der Waals surface area (Å²) in [6.45, 7) is 1.92. The van der Waals surface area contributed by atoms with E-state index in [4.69, 9.17) is 16.1 Å². The van der Waals surface area contributed by atoms with Crippen molar-refractivity contribution in [1.29, 1.82) is 0 Å². The van der Waals surface area contributed by atoms with Crippen LogP contribution in [0, 0.1) is 6.92 Å². The largest absolute Gasteiger partial charge is 0.501 e. The number of aryl methyl sites for hydroxylation is 1. The van der Waals surface area contributed by atoms with Crippen molar-refractivity contribution >= 4 is 29.1 Å². The molecule has 1 unspecified atom stereocenters. The van der Waals surface area contributed by atoms with Gasteiger partial charge in [0.15, 0.2) is 5.69 Å². The van der Waals surface area contributed by atoms with Crippen LogP contribution in [0.25, 0.3) is 0 Å². The number of hydrogen-bond donors (Lipinski definition) is 2. The second-order valence-electron chi connectivity index (χ2n) is 7.58. The fraction of sp³-hybridized carbons (Fsp3) is 0.174. The van der Waals surface area contributed by atoms with Crippen LogP contribution in [-0.4, -0.2) is 37.8 Å². The maximum absolute atomic E-state index is 12.8. The molecule has 0 aliphatic heterocycles. The smallest absolute Gasteiger partial charge is 0.297 e. The molecular formula is C23H21ClN6O4. The second-order valence-corrected chi connectivity index (χ2v) is 7.99. The van der Waals surface area contributed by atoms with E-state index in [9.17, 15) is 14.7 Å². The van der Waals surface area contributed by atoms with Gasteiger partial charge in [-0.3, -0.25) is 19.1 Å². The van der Waals surface area contributed by atoms with Crippen molar-refractivity contribution in [3.8, 4) is 5.75 Å². The Balaban J connectivity index is 1.86. The van der Waals surface area contributed by atoms with Crippen molar-refractivity contribution < 1.29 is 14.4 Å². The molecule has 3 aromatic heterocycles. The maximum Gasteiger partial charge on any atom is 0.297 e. The Hall–Kier alpha value is -4.18. The third-order valence-corrected chi connectivity index (χ3v) is 5.69. The quantitative estimate of drug-likeness (QED) is 0.430. The molecule has 0 spiro atoms. The molecule has 34 heavy (non-hydrogen) atoms. The molecule has 0 radical (unpaired) electrons. The van der Waals surface area contributed by atoms with Crippen LogP contribution in [0.5, 0.6) is 5.75 Å². The molecule has 11 heteroatoms. The number of carbonyl (C=O) groups is 1. The van der Waals surface area contributed by atoms with Crippen LogP contribution in [0.2, 0.25) is 5.02 Å². The zero-order chi connectivity index (χ0) is 24.4. The summed E-state index contributed by atoms with van der Waals surface area (Å²) in [4.78, 5) is 36.2. The molecule has 0 bridgehead atoms. The Morgan fingerprint density at radius 3 is 2.71 bits per heavy atom.